The number of hydrogen-bond donors (Lipinski definition) is 3. The lowest BCUT2D eigenvalue weighted by molar-refractivity contribution is -0.142. The molecule has 20 heavy (non-hydrogen) atoms. The van der Waals surface area contributed by atoms with Crippen LogP contribution >= 0.6 is 0 Å². The fraction of sp³-hybridized carbons (Fsp3) is 0.467. The lowest BCUT2D eigenvalue weighted by atomic mass is 9.86. The van der Waals surface area contributed by atoms with Crippen LogP contribution < -0.4 is 10.6 Å². The number of aliphatic carboxylic acids is 1. The molecule has 0 aliphatic heterocycles. The standard InChI is InChI=1S/C15H20N2O3/c18-14(10-16-12-4-2-1-3-5-12)17-13-8-6-11(7-9-13)15(19)20/h1-5,11,13,16H,6-10H2,(H,17,18)(H,19,20). The van der Waals surface area contributed by atoms with Gasteiger partial charge in [-0.2, -0.15) is 0 Å². The van der Waals surface area contributed by atoms with Crippen LogP contribution in [0.5, 0.6) is 0 Å². The normalized spacial score (nSPS) is 22.0. The molecule has 0 heterocycles. The van der Waals surface area contributed by atoms with Crippen molar-refractivity contribution < 1.29 is 14.7 Å². The fourth-order valence-electron chi connectivity index (χ4n) is 2.50. The molecule has 5 nitrogen and oxygen atoms in total. The monoisotopic (exact) mass is 276 g/mol. The van der Waals surface area contributed by atoms with E-state index < -0.39 is 5.97 Å². The zero-order valence-electron chi connectivity index (χ0n) is 11.3. The van der Waals surface area contributed by atoms with Crippen molar-refractivity contribution in [3.05, 3.63) is 30.3 Å². The van der Waals surface area contributed by atoms with Crippen molar-refractivity contribution in [1.82, 2.24) is 5.32 Å². The highest BCUT2D eigenvalue weighted by atomic mass is 16.4. The van der Waals surface area contributed by atoms with E-state index in [4.69, 9.17) is 5.11 Å². The predicted molar refractivity (Wildman–Crippen MR) is 76.5 cm³/mol. The second-order valence-electron chi connectivity index (χ2n) is 5.17. The van der Waals surface area contributed by atoms with Gasteiger partial charge in [-0.15, -0.1) is 0 Å². The zero-order valence-corrected chi connectivity index (χ0v) is 11.3. The van der Waals surface area contributed by atoms with Gasteiger partial charge in [0.1, 0.15) is 0 Å². The van der Waals surface area contributed by atoms with Crippen LogP contribution in [0.2, 0.25) is 0 Å². The summed E-state index contributed by atoms with van der Waals surface area (Å²) in [6.07, 6.45) is 2.78. The molecule has 5 heteroatoms. The van der Waals surface area contributed by atoms with Crippen LogP contribution in [-0.4, -0.2) is 29.6 Å². The molecular weight excluding hydrogens is 256 g/mol. The third-order valence-electron chi connectivity index (χ3n) is 3.67. The molecule has 0 atom stereocenters. The van der Waals surface area contributed by atoms with E-state index in [-0.39, 0.29) is 24.4 Å². The summed E-state index contributed by atoms with van der Waals surface area (Å²) in [5.41, 5.74) is 0.914. The Morgan fingerprint density at radius 3 is 2.35 bits per heavy atom. The number of para-hydroxylation sites is 1. The number of carbonyl (C=O) groups excluding carboxylic acids is 1. The van der Waals surface area contributed by atoms with Crippen molar-refractivity contribution in [3.63, 3.8) is 0 Å². The minimum absolute atomic E-state index is 0.0485. The maximum Gasteiger partial charge on any atom is 0.306 e. The van der Waals surface area contributed by atoms with Gasteiger partial charge < -0.3 is 15.7 Å². The van der Waals surface area contributed by atoms with Gasteiger partial charge in [0.25, 0.3) is 0 Å². The zero-order chi connectivity index (χ0) is 14.4. The molecule has 1 fully saturated rings. The van der Waals surface area contributed by atoms with Crippen molar-refractivity contribution in [2.75, 3.05) is 11.9 Å². The van der Waals surface area contributed by atoms with Crippen molar-refractivity contribution in [1.29, 1.82) is 0 Å². The number of nitrogens with one attached hydrogen (secondary N) is 2. The average molecular weight is 276 g/mol. The largest absolute Gasteiger partial charge is 0.481 e. The van der Waals surface area contributed by atoms with Gasteiger partial charge in [0, 0.05) is 11.7 Å². The molecule has 1 saturated carbocycles. The van der Waals surface area contributed by atoms with Gasteiger partial charge in [-0.3, -0.25) is 9.59 Å². The summed E-state index contributed by atoms with van der Waals surface area (Å²) in [5, 5.41) is 14.9. The summed E-state index contributed by atoms with van der Waals surface area (Å²) in [4.78, 5) is 22.7. The van der Waals surface area contributed by atoms with E-state index in [9.17, 15) is 9.59 Å². The maximum atomic E-state index is 11.8. The van der Waals surface area contributed by atoms with Crippen LogP contribution in [0, 0.1) is 5.92 Å². The Morgan fingerprint density at radius 1 is 1.10 bits per heavy atom. The Balaban J connectivity index is 1.69. The SMILES string of the molecule is O=C(CNc1ccccc1)NC1CCC(C(=O)O)CC1. The molecule has 0 unspecified atom stereocenters. The first-order valence-corrected chi connectivity index (χ1v) is 6.96. The molecule has 1 aromatic rings. The molecule has 0 radical (unpaired) electrons. The number of carboxylic acid groups (broad SMARTS) is 1. The van der Waals surface area contributed by atoms with Crippen LogP contribution in [0.3, 0.4) is 0 Å². The van der Waals surface area contributed by atoms with Crippen LogP contribution in [0.1, 0.15) is 25.7 Å². The third-order valence-corrected chi connectivity index (χ3v) is 3.67. The number of hydrogen-bond acceptors (Lipinski definition) is 3. The number of anilines is 1. The fourth-order valence-corrected chi connectivity index (χ4v) is 2.50. The van der Waals surface area contributed by atoms with E-state index in [1.807, 2.05) is 30.3 Å². The Hall–Kier alpha value is -2.04. The smallest absolute Gasteiger partial charge is 0.306 e. The van der Waals surface area contributed by atoms with Gasteiger partial charge in [0.15, 0.2) is 0 Å². The van der Waals surface area contributed by atoms with Gasteiger partial charge in [0.05, 0.1) is 12.5 Å². The number of carboxylic acids is 1. The van der Waals surface area contributed by atoms with E-state index >= 15 is 0 Å². The van der Waals surface area contributed by atoms with Gasteiger partial charge >= 0.3 is 5.97 Å². The van der Waals surface area contributed by atoms with Crippen LogP contribution in [-0.2, 0) is 9.59 Å². The Morgan fingerprint density at radius 2 is 1.75 bits per heavy atom. The predicted octanol–water partition coefficient (Wildman–Crippen LogP) is 1.86. The van der Waals surface area contributed by atoms with Crippen molar-refractivity contribution in [2.24, 2.45) is 5.92 Å². The summed E-state index contributed by atoms with van der Waals surface area (Å²) in [6, 6.07) is 9.67. The molecule has 1 amide bonds. The molecule has 2 rings (SSSR count). The number of benzene rings is 1. The quantitative estimate of drug-likeness (QED) is 0.767. The summed E-state index contributed by atoms with van der Waals surface area (Å²) >= 11 is 0. The number of carbonyl (C=O) groups is 2. The van der Waals surface area contributed by atoms with E-state index in [1.54, 1.807) is 0 Å². The van der Waals surface area contributed by atoms with Crippen molar-refractivity contribution in [2.45, 2.75) is 31.7 Å². The van der Waals surface area contributed by atoms with Gasteiger partial charge in [0.2, 0.25) is 5.91 Å². The third kappa shape index (κ3) is 4.26. The second-order valence-corrected chi connectivity index (χ2v) is 5.17. The van der Waals surface area contributed by atoms with Gasteiger partial charge in [-0.25, -0.2) is 0 Å². The Kier molecular flexibility index (Phi) is 4.98. The lowest BCUT2D eigenvalue weighted by Gasteiger charge is -2.26. The molecular formula is C15H20N2O3. The van der Waals surface area contributed by atoms with Gasteiger partial charge in [-0.05, 0) is 37.8 Å². The molecule has 1 aliphatic rings. The second kappa shape index (κ2) is 6.93. The summed E-state index contributed by atoms with van der Waals surface area (Å²) in [6.45, 7) is 0.239. The van der Waals surface area contributed by atoms with Crippen LogP contribution in [0.4, 0.5) is 5.69 Å². The lowest BCUT2D eigenvalue weighted by Crippen LogP contribution is -2.41. The molecule has 0 bridgehead atoms. The minimum Gasteiger partial charge on any atom is -0.481 e. The summed E-state index contributed by atoms with van der Waals surface area (Å²) < 4.78 is 0. The summed E-state index contributed by atoms with van der Waals surface area (Å²) in [5.74, 6) is -1.02. The van der Waals surface area contributed by atoms with Crippen molar-refractivity contribution >= 4 is 17.6 Å². The highest BCUT2D eigenvalue weighted by Crippen LogP contribution is 2.24. The highest BCUT2D eigenvalue weighted by Gasteiger charge is 2.26. The first kappa shape index (κ1) is 14.4. The Bertz CT molecular complexity index is 453. The molecule has 108 valence electrons. The Labute approximate surface area is 118 Å². The first-order valence-electron chi connectivity index (χ1n) is 6.96. The van der Waals surface area contributed by atoms with E-state index in [0.29, 0.717) is 12.8 Å². The maximum absolute atomic E-state index is 11.8. The van der Waals surface area contributed by atoms with Crippen LogP contribution in [0.25, 0.3) is 0 Å². The van der Waals surface area contributed by atoms with E-state index in [2.05, 4.69) is 10.6 Å². The molecule has 0 saturated heterocycles. The summed E-state index contributed by atoms with van der Waals surface area (Å²) in [7, 11) is 0. The number of amides is 1. The highest BCUT2D eigenvalue weighted by molar-refractivity contribution is 5.81. The number of rotatable bonds is 5. The average Bonchev–Trinajstić information content (AvgIpc) is 2.47. The first-order chi connectivity index (χ1) is 9.65. The topological polar surface area (TPSA) is 78.4 Å². The van der Waals surface area contributed by atoms with Gasteiger partial charge in [-0.1, -0.05) is 18.2 Å². The van der Waals surface area contributed by atoms with E-state index in [0.717, 1.165) is 18.5 Å². The molecule has 1 aliphatic carbocycles. The molecule has 3 N–H and O–H groups in total. The molecule has 0 aromatic heterocycles. The minimum atomic E-state index is -0.722. The van der Waals surface area contributed by atoms with E-state index in [1.165, 1.54) is 0 Å². The van der Waals surface area contributed by atoms with Crippen molar-refractivity contribution in [3.8, 4) is 0 Å². The molecule has 1 aromatic carbocycles. The van der Waals surface area contributed by atoms with Crippen LogP contribution in [0.15, 0.2) is 30.3 Å². The molecule has 0 spiro atoms.